The van der Waals surface area contributed by atoms with Crippen molar-refractivity contribution in [3.8, 4) is 34.3 Å². The molecule has 0 spiro atoms. The summed E-state index contributed by atoms with van der Waals surface area (Å²) in [5.74, 6) is -0.374. The Kier molecular flexibility index (Phi) is 11.8. The van der Waals surface area contributed by atoms with Crippen molar-refractivity contribution in [1.29, 1.82) is 0 Å². The van der Waals surface area contributed by atoms with Crippen LogP contribution in [0.1, 0.15) is 38.8 Å². The van der Waals surface area contributed by atoms with Crippen molar-refractivity contribution in [2.24, 2.45) is 0 Å². The van der Waals surface area contributed by atoms with Gasteiger partial charge in [-0.15, -0.1) is 13.2 Å². The zero-order chi connectivity index (χ0) is 34.8. The number of esters is 2. The summed E-state index contributed by atoms with van der Waals surface area (Å²) >= 11 is 0. The highest BCUT2D eigenvalue weighted by atomic mass is 16.7. The SMILES string of the molecule is C=CCc1c(-c2cc(=O)c3c(OCC(=O)OCC)c(CC=C)c(OCC4=COC(C)(C)O4)cc3o2)ccc(OC)c1OCC(=O)OCC. The van der Waals surface area contributed by atoms with Crippen molar-refractivity contribution >= 4 is 22.9 Å². The van der Waals surface area contributed by atoms with E-state index in [2.05, 4.69) is 13.2 Å². The smallest absolute Gasteiger partial charge is 0.344 e. The predicted molar refractivity (Wildman–Crippen MR) is 176 cm³/mol. The molecule has 48 heavy (non-hydrogen) atoms. The van der Waals surface area contributed by atoms with E-state index in [0.29, 0.717) is 33.9 Å². The van der Waals surface area contributed by atoms with Crippen LogP contribution in [0.2, 0.25) is 0 Å². The molecule has 2 aromatic carbocycles. The summed E-state index contributed by atoms with van der Waals surface area (Å²) in [7, 11) is 1.47. The van der Waals surface area contributed by atoms with Gasteiger partial charge in [-0.25, -0.2) is 9.59 Å². The minimum Gasteiger partial charge on any atom is -0.493 e. The number of carbonyl (C=O) groups is 2. The second kappa shape index (κ2) is 15.9. The molecule has 12 nitrogen and oxygen atoms in total. The fourth-order valence-electron chi connectivity index (χ4n) is 5.02. The van der Waals surface area contributed by atoms with Crippen LogP contribution in [-0.2, 0) is 41.4 Å². The van der Waals surface area contributed by atoms with Gasteiger partial charge in [0.1, 0.15) is 41.1 Å². The summed E-state index contributed by atoms with van der Waals surface area (Å²) in [5.41, 5.74) is 1.18. The Labute approximate surface area is 278 Å². The largest absolute Gasteiger partial charge is 0.493 e. The first kappa shape index (κ1) is 35.5. The monoisotopic (exact) mass is 664 g/mol. The van der Waals surface area contributed by atoms with E-state index in [0.717, 1.165) is 0 Å². The third kappa shape index (κ3) is 8.30. The fourth-order valence-corrected chi connectivity index (χ4v) is 5.02. The van der Waals surface area contributed by atoms with Crippen LogP contribution in [0.25, 0.3) is 22.3 Å². The van der Waals surface area contributed by atoms with Crippen LogP contribution >= 0.6 is 0 Å². The first-order valence-electron chi connectivity index (χ1n) is 15.4. The van der Waals surface area contributed by atoms with Gasteiger partial charge in [0.2, 0.25) is 5.79 Å². The van der Waals surface area contributed by atoms with Gasteiger partial charge in [-0.3, -0.25) is 4.79 Å². The summed E-state index contributed by atoms with van der Waals surface area (Å²) in [6.07, 6.45) is 5.25. The van der Waals surface area contributed by atoms with E-state index in [1.807, 2.05) is 0 Å². The Bertz CT molecular complexity index is 1770. The molecular formula is C36H40O12. The predicted octanol–water partition coefficient (Wildman–Crippen LogP) is 5.81. The van der Waals surface area contributed by atoms with E-state index in [-0.39, 0.29) is 67.5 Å². The zero-order valence-electron chi connectivity index (χ0n) is 27.8. The molecule has 0 saturated heterocycles. The lowest BCUT2D eigenvalue weighted by Gasteiger charge is -2.20. The lowest BCUT2D eigenvalue weighted by atomic mass is 9.99. The van der Waals surface area contributed by atoms with Gasteiger partial charge in [-0.1, -0.05) is 12.2 Å². The highest BCUT2D eigenvalue weighted by Gasteiger charge is 2.29. The van der Waals surface area contributed by atoms with E-state index < -0.39 is 29.8 Å². The number of allylic oxidation sites excluding steroid dienone is 2. The summed E-state index contributed by atoms with van der Waals surface area (Å²) < 4.78 is 51.2. The maximum Gasteiger partial charge on any atom is 0.344 e. The van der Waals surface area contributed by atoms with E-state index in [9.17, 15) is 14.4 Å². The maximum atomic E-state index is 13.9. The van der Waals surface area contributed by atoms with Crippen LogP contribution in [0.15, 0.2) is 70.8 Å². The molecule has 12 heteroatoms. The molecule has 0 bridgehead atoms. The van der Waals surface area contributed by atoms with Crippen molar-refractivity contribution in [3.05, 3.63) is 82.9 Å². The average Bonchev–Trinajstić information content (AvgIpc) is 3.40. The Morgan fingerprint density at radius 3 is 2.10 bits per heavy atom. The quantitative estimate of drug-likeness (QED) is 0.127. The molecule has 0 saturated carbocycles. The van der Waals surface area contributed by atoms with Gasteiger partial charge in [0, 0.05) is 42.7 Å². The van der Waals surface area contributed by atoms with Crippen LogP contribution in [0, 0.1) is 0 Å². The van der Waals surface area contributed by atoms with Gasteiger partial charge in [0.15, 0.2) is 35.9 Å². The third-order valence-electron chi connectivity index (χ3n) is 6.94. The molecule has 1 aliphatic heterocycles. The van der Waals surface area contributed by atoms with Gasteiger partial charge < -0.3 is 42.3 Å². The summed E-state index contributed by atoms with van der Waals surface area (Å²) in [6, 6.07) is 6.25. The summed E-state index contributed by atoms with van der Waals surface area (Å²) in [6.45, 7) is 14.1. The first-order chi connectivity index (χ1) is 23.0. The second-order valence-corrected chi connectivity index (χ2v) is 10.8. The molecule has 2 heterocycles. The minimum absolute atomic E-state index is 0.0105. The fraction of sp³-hybridized carbons (Fsp3) is 0.361. The van der Waals surface area contributed by atoms with E-state index in [4.69, 9.17) is 42.3 Å². The molecule has 0 atom stereocenters. The van der Waals surface area contributed by atoms with Crippen LogP contribution in [-0.4, -0.2) is 57.9 Å². The second-order valence-electron chi connectivity index (χ2n) is 10.8. The molecule has 1 aliphatic rings. The Balaban J connectivity index is 1.89. The normalized spacial score (nSPS) is 13.1. The van der Waals surface area contributed by atoms with Crippen molar-refractivity contribution in [2.45, 2.75) is 46.3 Å². The van der Waals surface area contributed by atoms with E-state index in [1.165, 1.54) is 19.4 Å². The topological polar surface area (TPSA) is 138 Å². The molecule has 1 aromatic heterocycles. The number of benzene rings is 2. The number of methoxy groups -OCH3 is 1. The molecule has 0 unspecified atom stereocenters. The first-order valence-corrected chi connectivity index (χ1v) is 15.4. The molecule has 0 N–H and O–H groups in total. The van der Waals surface area contributed by atoms with Gasteiger partial charge in [0.05, 0.1) is 20.3 Å². The zero-order valence-corrected chi connectivity index (χ0v) is 27.8. The highest BCUT2D eigenvalue weighted by molar-refractivity contribution is 5.89. The van der Waals surface area contributed by atoms with Crippen molar-refractivity contribution in [1.82, 2.24) is 0 Å². The Morgan fingerprint density at radius 2 is 1.52 bits per heavy atom. The maximum absolute atomic E-state index is 13.9. The minimum atomic E-state index is -0.845. The number of fused-ring (bicyclic) bond motifs is 1. The standard InChI is InChI=1S/C36H40O12/c1-8-12-24-23(14-15-27(40-7)34(24)44-20-31(38)41-10-3)29-16-26(37)33-30(47-29)17-28(43-18-22-19-46-36(5,6)48-22)25(13-9-2)35(33)45-21-32(39)42-11-4/h8-9,14-17,19H,1-2,10-13,18,20-21H2,3-7H3. The molecular weight excluding hydrogens is 624 g/mol. The lowest BCUT2D eigenvalue weighted by Crippen LogP contribution is -2.21. The molecule has 0 radical (unpaired) electrons. The van der Waals surface area contributed by atoms with Gasteiger partial charge in [0.25, 0.3) is 0 Å². The average molecular weight is 665 g/mol. The molecule has 256 valence electrons. The molecule has 4 rings (SSSR count). The number of hydrogen-bond donors (Lipinski definition) is 0. The van der Waals surface area contributed by atoms with Crippen LogP contribution < -0.4 is 24.4 Å². The van der Waals surface area contributed by atoms with Gasteiger partial charge >= 0.3 is 11.9 Å². The number of carbonyl (C=O) groups excluding carboxylic acids is 2. The number of rotatable bonds is 17. The molecule has 0 fully saturated rings. The Hall–Kier alpha value is -5.39. The number of ether oxygens (including phenoxy) is 8. The highest BCUT2D eigenvalue weighted by Crippen LogP contribution is 2.42. The Morgan fingerprint density at radius 1 is 0.875 bits per heavy atom. The molecule has 3 aromatic rings. The number of hydrogen-bond acceptors (Lipinski definition) is 12. The third-order valence-corrected chi connectivity index (χ3v) is 6.94. The van der Waals surface area contributed by atoms with Crippen LogP contribution in [0.4, 0.5) is 0 Å². The van der Waals surface area contributed by atoms with Crippen LogP contribution in [0.5, 0.6) is 23.0 Å². The summed E-state index contributed by atoms with van der Waals surface area (Å²) in [4.78, 5) is 38.4. The van der Waals surface area contributed by atoms with Gasteiger partial charge in [-0.05, 0) is 38.8 Å². The lowest BCUT2D eigenvalue weighted by molar-refractivity contribution is -0.146. The molecule has 0 aliphatic carbocycles. The van der Waals surface area contributed by atoms with Crippen molar-refractivity contribution in [2.75, 3.05) is 40.1 Å². The van der Waals surface area contributed by atoms with E-state index >= 15 is 0 Å². The summed E-state index contributed by atoms with van der Waals surface area (Å²) in [5, 5.41) is 0.0885. The molecule has 0 amide bonds. The van der Waals surface area contributed by atoms with Crippen molar-refractivity contribution < 1.29 is 51.9 Å². The van der Waals surface area contributed by atoms with Crippen molar-refractivity contribution in [3.63, 3.8) is 0 Å². The van der Waals surface area contributed by atoms with Gasteiger partial charge in [-0.2, -0.15) is 0 Å². The van der Waals surface area contributed by atoms with Crippen LogP contribution in [0.3, 0.4) is 0 Å². The van der Waals surface area contributed by atoms with E-state index in [1.54, 1.807) is 58.0 Å².